The highest BCUT2D eigenvalue weighted by molar-refractivity contribution is 7.92. The predicted octanol–water partition coefficient (Wildman–Crippen LogP) is 2.57. The SMILES string of the molecule is Cc1cccc(C)c1N(CC(=O)NCc1ccccc1-n1ccnc1)S(C)(=O)=O. The molecule has 0 fully saturated rings. The molecule has 0 radical (unpaired) electrons. The molecule has 8 heteroatoms. The fourth-order valence-corrected chi connectivity index (χ4v) is 4.23. The first-order valence-corrected chi connectivity index (χ1v) is 11.0. The van der Waals surface area contributed by atoms with E-state index in [0.717, 1.165) is 32.9 Å². The van der Waals surface area contributed by atoms with Gasteiger partial charge in [-0.3, -0.25) is 9.10 Å². The van der Waals surface area contributed by atoms with Crippen LogP contribution in [0.1, 0.15) is 16.7 Å². The molecule has 7 nitrogen and oxygen atoms in total. The minimum absolute atomic E-state index is 0.275. The summed E-state index contributed by atoms with van der Waals surface area (Å²) in [6.45, 7) is 3.66. The van der Waals surface area contributed by atoms with Gasteiger partial charge in [-0.2, -0.15) is 0 Å². The zero-order chi connectivity index (χ0) is 21.0. The van der Waals surface area contributed by atoms with Crippen LogP contribution in [0.2, 0.25) is 0 Å². The molecule has 0 aliphatic rings. The van der Waals surface area contributed by atoms with E-state index in [0.29, 0.717) is 5.69 Å². The fourth-order valence-electron chi connectivity index (χ4n) is 3.26. The average molecular weight is 413 g/mol. The van der Waals surface area contributed by atoms with E-state index >= 15 is 0 Å². The van der Waals surface area contributed by atoms with Crippen molar-refractivity contribution in [2.24, 2.45) is 0 Å². The van der Waals surface area contributed by atoms with Gasteiger partial charge in [-0.25, -0.2) is 13.4 Å². The largest absolute Gasteiger partial charge is 0.350 e. The van der Waals surface area contributed by atoms with Crippen LogP contribution < -0.4 is 9.62 Å². The topological polar surface area (TPSA) is 84.3 Å². The summed E-state index contributed by atoms with van der Waals surface area (Å²) in [5.41, 5.74) is 3.95. The first kappa shape index (κ1) is 20.6. The van der Waals surface area contributed by atoms with Gasteiger partial charge in [0.15, 0.2) is 0 Å². The molecule has 0 bridgehead atoms. The smallest absolute Gasteiger partial charge is 0.241 e. The van der Waals surface area contributed by atoms with Crippen LogP contribution >= 0.6 is 0 Å². The normalized spacial score (nSPS) is 11.3. The second-order valence-corrected chi connectivity index (χ2v) is 8.79. The van der Waals surface area contributed by atoms with Crippen molar-refractivity contribution in [2.75, 3.05) is 17.1 Å². The zero-order valence-corrected chi connectivity index (χ0v) is 17.5. The van der Waals surface area contributed by atoms with Crippen molar-refractivity contribution >= 4 is 21.6 Å². The van der Waals surface area contributed by atoms with Gasteiger partial charge in [0.2, 0.25) is 15.9 Å². The van der Waals surface area contributed by atoms with E-state index in [-0.39, 0.29) is 19.0 Å². The van der Waals surface area contributed by atoms with Gasteiger partial charge in [0, 0.05) is 18.9 Å². The van der Waals surface area contributed by atoms with Crippen LogP contribution in [0, 0.1) is 13.8 Å². The first-order valence-electron chi connectivity index (χ1n) is 9.14. The molecule has 1 aromatic heterocycles. The van der Waals surface area contributed by atoms with E-state index in [9.17, 15) is 13.2 Å². The molecule has 1 heterocycles. The number of nitrogens with one attached hydrogen (secondary N) is 1. The van der Waals surface area contributed by atoms with Crippen molar-refractivity contribution in [1.29, 1.82) is 0 Å². The Morgan fingerprint density at radius 2 is 1.79 bits per heavy atom. The molecule has 2 aromatic carbocycles. The predicted molar refractivity (Wildman–Crippen MR) is 114 cm³/mol. The molecular formula is C21H24N4O3S. The molecule has 1 N–H and O–H groups in total. The quantitative estimate of drug-likeness (QED) is 0.646. The van der Waals surface area contributed by atoms with Gasteiger partial charge in [-0.1, -0.05) is 36.4 Å². The van der Waals surface area contributed by atoms with Crippen LogP contribution in [0.3, 0.4) is 0 Å². The van der Waals surface area contributed by atoms with Gasteiger partial charge in [0.05, 0.1) is 24.0 Å². The number of hydrogen-bond acceptors (Lipinski definition) is 4. The van der Waals surface area contributed by atoms with E-state index < -0.39 is 10.0 Å². The molecule has 29 heavy (non-hydrogen) atoms. The van der Waals surface area contributed by atoms with Crippen LogP contribution in [0.4, 0.5) is 5.69 Å². The molecule has 0 aliphatic heterocycles. The summed E-state index contributed by atoms with van der Waals surface area (Å²) in [5, 5.41) is 2.83. The van der Waals surface area contributed by atoms with Crippen molar-refractivity contribution in [2.45, 2.75) is 20.4 Å². The third-order valence-electron chi connectivity index (χ3n) is 4.63. The van der Waals surface area contributed by atoms with Crippen LogP contribution in [0.25, 0.3) is 5.69 Å². The number of aryl methyl sites for hydroxylation is 2. The molecule has 152 valence electrons. The monoisotopic (exact) mass is 412 g/mol. The Bertz CT molecular complexity index is 1090. The number of amides is 1. The molecule has 3 aromatic rings. The lowest BCUT2D eigenvalue weighted by Crippen LogP contribution is -2.40. The number of imidazole rings is 1. The summed E-state index contributed by atoms with van der Waals surface area (Å²) in [6, 6.07) is 13.2. The van der Waals surface area contributed by atoms with Crippen molar-refractivity contribution in [3.63, 3.8) is 0 Å². The van der Waals surface area contributed by atoms with Gasteiger partial charge in [0.25, 0.3) is 0 Å². The van der Waals surface area contributed by atoms with Gasteiger partial charge in [0.1, 0.15) is 6.54 Å². The van der Waals surface area contributed by atoms with Crippen molar-refractivity contribution in [3.8, 4) is 5.69 Å². The number of para-hydroxylation sites is 2. The Morgan fingerprint density at radius 3 is 2.41 bits per heavy atom. The van der Waals surface area contributed by atoms with Crippen LogP contribution in [0.5, 0.6) is 0 Å². The van der Waals surface area contributed by atoms with Gasteiger partial charge in [-0.15, -0.1) is 0 Å². The number of nitrogens with zero attached hydrogens (tertiary/aromatic N) is 3. The number of rotatable bonds is 7. The second kappa shape index (κ2) is 8.48. The van der Waals surface area contributed by atoms with E-state index in [1.54, 1.807) is 12.5 Å². The molecular weight excluding hydrogens is 388 g/mol. The van der Waals surface area contributed by atoms with Crippen molar-refractivity contribution < 1.29 is 13.2 Å². The summed E-state index contributed by atoms with van der Waals surface area (Å²) in [4.78, 5) is 16.7. The molecule has 0 aliphatic carbocycles. The van der Waals surface area contributed by atoms with Gasteiger partial charge in [-0.05, 0) is 36.6 Å². The molecule has 0 spiro atoms. The lowest BCUT2D eigenvalue weighted by Gasteiger charge is -2.25. The Labute approximate surface area is 171 Å². The maximum Gasteiger partial charge on any atom is 0.241 e. The zero-order valence-electron chi connectivity index (χ0n) is 16.7. The number of carbonyl (C=O) groups is 1. The Kier molecular flexibility index (Phi) is 6.03. The molecule has 0 unspecified atom stereocenters. The Hall–Kier alpha value is -3.13. The van der Waals surface area contributed by atoms with E-state index in [4.69, 9.17) is 0 Å². The van der Waals surface area contributed by atoms with E-state index in [1.807, 2.05) is 67.1 Å². The number of sulfonamides is 1. The Morgan fingerprint density at radius 1 is 1.10 bits per heavy atom. The molecule has 0 saturated carbocycles. The third kappa shape index (κ3) is 4.83. The van der Waals surface area contributed by atoms with Gasteiger partial charge >= 0.3 is 0 Å². The maximum atomic E-state index is 12.6. The minimum Gasteiger partial charge on any atom is -0.350 e. The lowest BCUT2D eigenvalue weighted by atomic mass is 10.1. The number of aromatic nitrogens is 2. The lowest BCUT2D eigenvalue weighted by molar-refractivity contribution is -0.119. The standard InChI is InChI=1S/C21H24N4O3S/c1-16-7-6-8-17(2)21(16)25(29(3,27)28)14-20(26)23-13-18-9-4-5-10-19(18)24-12-11-22-15-24/h4-12,15H,13-14H2,1-3H3,(H,23,26). The van der Waals surface area contributed by atoms with E-state index in [1.165, 1.54) is 0 Å². The van der Waals surface area contributed by atoms with Crippen LogP contribution in [-0.2, 0) is 21.4 Å². The second-order valence-electron chi connectivity index (χ2n) is 6.89. The highest BCUT2D eigenvalue weighted by atomic mass is 32.2. The molecule has 3 rings (SSSR count). The minimum atomic E-state index is -3.62. The molecule has 1 amide bonds. The number of benzene rings is 2. The Balaban J connectivity index is 1.78. The summed E-state index contributed by atoms with van der Waals surface area (Å²) in [5.74, 6) is -0.376. The average Bonchev–Trinajstić information content (AvgIpc) is 3.19. The third-order valence-corrected chi connectivity index (χ3v) is 5.74. The van der Waals surface area contributed by atoms with Crippen LogP contribution in [-0.4, -0.2) is 36.7 Å². The molecule has 0 saturated heterocycles. The van der Waals surface area contributed by atoms with E-state index in [2.05, 4.69) is 10.3 Å². The van der Waals surface area contributed by atoms with Gasteiger partial charge < -0.3 is 9.88 Å². The number of hydrogen-bond donors (Lipinski definition) is 1. The van der Waals surface area contributed by atoms with Crippen LogP contribution in [0.15, 0.2) is 61.2 Å². The maximum absolute atomic E-state index is 12.6. The number of anilines is 1. The summed E-state index contributed by atoms with van der Waals surface area (Å²) >= 11 is 0. The first-order chi connectivity index (χ1) is 13.8. The van der Waals surface area contributed by atoms with Crippen molar-refractivity contribution in [3.05, 3.63) is 77.9 Å². The number of carbonyl (C=O) groups excluding carboxylic acids is 1. The fraction of sp³-hybridized carbons (Fsp3) is 0.238. The summed E-state index contributed by atoms with van der Waals surface area (Å²) in [7, 11) is -3.62. The molecule has 0 atom stereocenters. The van der Waals surface area contributed by atoms with Crippen molar-refractivity contribution in [1.82, 2.24) is 14.9 Å². The summed E-state index contributed by atoms with van der Waals surface area (Å²) in [6.07, 6.45) is 6.31. The highest BCUT2D eigenvalue weighted by Gasteiger charge is 2.23. The highest BCUT2D eigenvalue weighted by Crippen LogP contribution is 2.26. The summed E-state index contributed by atoms with van der Waals surface area (Å²) < 4.78 is 27.8.